The molecule has 1 heterocycles. The summed E-state index contributed by atoms with van der Waals surface area (Å²) < 4.78 is 1.52. The summed E-state index contributed by atoms with van der Waals surface area (Å²) >= 11 is 0. The maximum Gasteiger partial charge on any atom is 0.248 e. The van der Waals surface area contributed by atoms with E-state index < -0.39 is 0 Å². The average molecular weight is 273 g/mol. The quantitative estimate of drug-likeness (QED) is 0.885. The Morgan fingerprint density at radius 2 is 2.05 bits per heavy atom. The van der Waals surface area contributed by atoms with E-state index in [0.29, 0.717) is 18.8 Å². The zero-order valence-corrected chi connectivity index (χ0v) is 11.8. The Morgan fingerprint density at radius 1 is 1.35 bits per heavy atom. The van der Waals surface area contributed by atoms with E-state index >= 15 is 0 Å². The highest BCUT2D eigenvalue weighted by atomic mass is 16.2. The summed E-state index contributed by atoms with van der Waals surface area (Å²) in [5, 5.41) is 7.77. The van der Waals surface area contributed by atoms with Crippen LogP contribution < -0.4 is 10.6 Å². The molecule has 0 fully saturated rings. The lowest BCUT2D eigenvalue weighted by atomic mass is 10.2. The third-order valence-electron chi connectivity index (χ3n) is 3.06. The lowest BCUT2D eigenvalue weighted by Crippen LogP contribution is -2.33. The van der Waals surface area contributed by atoms with E-state index in [1.807, 2.05) is 38.1 Å². The minimum absolute atomic E-state index is 0.0233. The molecule has 0 atom stereocenters. The molecule has 0 aliphatic heterocycles. The molecule has 106 valence electrons. The van der Waals surface area contributed by atoms with E-state index in [1.54, 1.807) is 11.1 Å². The maximum absolute atomic E-state index is 12.3. The molecule has 0 saturated heterocycles. The third-order valence-corrected chi connectivity index (χ3v) is 3.06. The molecule has 6 nitrogen and oxygen atoms in total. The van der Waals surface area contributed by atoms with Gasteiger partial charge in [0.25, 0.3) is 0 Å². The summed E-state index contributed by atoms with van der Waals surface area (Å²) in [7, 11) is 0. The van der Waals surface area contributed by atoms with Crippen LogP contribution in [0.1, 0.15) is 18.2 Å². The van der Waals surface area contributed by atoms with Crippen LogP contribution in [0.4, 0.5) is 5.69 Å². The minimum atomic E-state index is -0.0233. The van der Waals surface area contributed by atoms with Gasteiger partial charge in [0.2, 0.25) is 5.91 Å². The van der Waals surface area contributed by atoms with Crippen LogP contribution in [-0.4, -0.2) is 27.4 Å². The van der Waals surface area contributed by atoms with Crippen molar-refractivity contribution in [2.75, 3.05) is 11.4 Å². The molecule has 0 saturated carbocycles. The molecule has 20 heavy (non-hydrogen) atoms. The van der Waals surface area contributed by atoms with Gasteiger partial charge in [-0.25, -0.2) is 4.68 Å². The fourth-order valence-corrected chi connectivity index (χ4v) is 1.96. The average Bonchev–Trinajstić information content (AvgIpc) is 2.89. The Balaban J connectivity index is 2.10. The van der Waals surface area contributed by atoms with Crippen LogP contribution in [0.25, 0.3) is 0 Å². The number of nitrogens with zero attached hydrogens (tertiary/aromatic N) is 4. The van der Waals surface area contributed by atoms with Gasteiger partial charge in [0, 0.05) is 18.8 Å². The Hall–Kier alpha value is -2.21. The number of hydrogen-bond donors (Lipinski definition) is 1. The molecular weight excluding hydrogens is 254 g/mol. The lowest BCUT2D eigenvalue weighted by Gasteiger charge is -2.21. The van der Waals surface area contributed by atoms with Gasteiger partial charge in [0.15, 0.2) is 0 Å². The molecule has 0 aliphatic carbocycles. The van der Waals surface area contributed by atoms with Gasteiger partial charge < -0.3 is 10.6 Å². The van der Waals surface area contributed by atoms with Crippen molar-refractivity contribution >= 4 is 11.6 Å². The van der Waals surface area contributed by atoms with E-state index in [2.05, 4.69) is 10.3 Å². The first kappa shape index (κ1) is 14.2. The number of nitrogens with two attached hydrogens (primary N) is 1. The fraction of sp³-hybridized carbons (Fsp3) is 0.357. The van der Waals surface area contributed by atoms with Crippen molar-refractivity contribution in [1.82, 2.24) is 15.0 Å². The Labute approximate surface area is 118 Å². The lowest BCUT2D eigenvalue weighted by molar-refractivity contribution is -0.119. The van der Waals surface area contributed by atoms with Crippen LogP contribution >= 0.6 is 0 Å². The second kappa shape index (κ2) is 6.29. The van der Waals surface area contributed by atoms with Crippen LogP contribution in [-0.2, 0) is 17.9 Å². The van der Waals surface area contributed by atoms with Crippen molar-refractivity contribution in [2.45, 2.75) is 26.9 Å². The van der Waals surface area contributed by atoms with Crippen molar-refractivity contribution in [3.63, 3.8) is 0 Å². The third kappa shape index (κ3) is 3.21. The molecule has 2 aromatic rings. The summed E-state index contributed by atoms with van der Waals surface area (Å²) in [6.45, 7) is 5.06. The summed E-state index contributed by atoms with van der Waals surface area (Å²) in [5.41, 5.74) is 8.21. The number of anilines is 1. The number of aromatic nitrogens is 3. The Bertz CT molecular complexity index is 576. The zero-order valence-electron chi connectivity index (χ0n) is 11.8. The van der Waals surface area contributed by atoms with E-state index in [9.17, 15) is 4.79 Å². The van der Waals surface area contributed by atoms with Crippen LogP contribution in [0.15, 0.2) is 30.5 Å². The first-order chi connectivity index (χ1) is 9.63. The number of benzene rings is 1. The highest BCUT2D eigenvalue weighted by Gasteiger charge is 2.15. The van der Waals surface area contributed by atoms with Crippen molar-refractivity contribution in [2.24, 2.45) is 5.73 Å². The van der Waals surface area contributed by atoms with E-state index in [-0.39, 0.29) is 12.5 Å². The maximum atomic E-state index is 12.3. The highest BCUT2D eigenvalue weighted by molar-refractivity contribution is 5.93. The Kier molecular flexibility index (Phi) is 4.47. The monoisotopic (exact) mass is 273 g/mol. The Morgan fingerprint density at radius 3 is 2.60 bits per heavy atom. The van der Waals surface area contributed by atoms with Crippen LogP contribution in [0, 0.1) is 6.92 Å². The molecule has 1 aromatic heterocycles. The highest BCUT2D eigenvalue weighted by Crippen LogP contribution is 2.15. The first-order valence-electron chi connectivity index (χ1n) is 6.60. The van der Waals surface area contributed by atoms with Gasteiger partial charge in [0.05, 0.1) is 11.9 Å². The van der Waals surface area contributed by atoms with Crippen LogP contribution in [0.2, 0.25) is 0 Å². The van der Waals surface area contributed by atoms with Crippen LogP contribution in [0.3, 0.4) is 0 Å². The fourth-order valence-electron chi connectivity index (χ4n) is 1.96. The molecule has 0 bridgehead atoms. The normalized spacial score (nSPS) is 10.6. The van der Waals surface area contributed by atoms with Gasteiger partial charge in [-0.05, 0) is 26.0 Å². The summed E-state index contributed by atoms with van der Waals surface area (Å²) in [5.74, 6) is -0.0233. The number of carbonyl (C=O) groups is 1. The zero-order chi connectivity index (χ0) is 14.5. The number of amides is 1. The summed E-state index contributed by atoms with van der Waals surface area (Å²) in [6.07, 6.45) is 1.70. The van der Waals surface area contributed by atoms with Gasteiger partial charge in [-0.3, -0.25) is 4.79 Å². The topological polar surface area (TPSA) is 77.0 Å². The predicted octanol–water partition coefficient (Wildman–Crippen LogP) is 1.10. The van der Waals surface area contributed by atoms with Crippen molar-refractivity contribution in [3.8, 4) is 0 Å². The predicted molar refractivity (Wildman–Crippen MR) is 77.1 cm³/mol. The van der Waals surface area contributed by atoms with Crippen LogP contribution in [0.5, 0.6) is 0 Å². The number of hydrogen-bond acceptors (Lipinski definition) is 4. The standard InChI is InChI=1S/C14H19N5O/c1-3-19(13-6-4-11(2)5-7-13)14(20)10-18-9-12(8-15)16-17-18/h4-7,9H,3,8,10,15H2,1-2H3. The molecular formula is C14H19N5O. The second-order valence-corrected chi connectivity index (χ2v) is 4.59. The van der Waals surface area contributed by atoms with Gasteiger partial charge in [-0.1, -0.05) is 22.9 Å². The van der Waals surface area contributed by atoms with Gasteiger partial charge in [-0.2, -0.15) is 0 Å². The molecule has 0 aliphatic rings. The molecule has 0 spiro atoms. The smallest absolute Gasteiger partial charge is 0.248 e. The molecule has 6 heteroatoms. The SMILES string of the molecule is CCN(C(=O)Cn1cc(CN)nn1)c1ccc(C)cc1. The molecule has 2 rings (SSSR count). The molecule has 0 radical (unpaired) electrons. The van der Waals surface area contributed by atoms with E-state index in [1.165, 1.54) is 10.2 Å². The largest absolute Gasteiger partial charge is 0.325 e. The number of likely N-dealkylation sites (N-methyl/N-ethyl adjacent to an activating group) is 1. The summed E-state index contributed by atoms with van der Waals surface area (Å²) in [4.78, 5) is 14.1. The van der Waals surface area contributed by atoms with Crippen molar-refractivity contribution < 1.29 is 4.79 Å². The molecule has 2 N–H and O–H groups in total. The number of carbonyl (C=O) groups excluding carboxylic acids is 1. The van der Waals surface area contributed by atoms with Gasteiger partial charge in [0.1, 0.15) is 6.54 Å². The van der Waals surface area contributed by atoms with Gasteiger partial charge >= 0.3 is 0 Å². The summed E-state index contributed by atoms with van der Waals surface area (Å²) in [6, 6.07) is 7.88. The van der Waals surface area contributed by atoms with E-state index in [4.69, 9.17) is 5.73 Å². The van der Waals surface area contributed by atoms with Gasteiger partial charge in [-0.15, -0.1) is 5.10 Å². The second-order valence-electron chi connectivity index (χ2n) is 4.59. The first-order valence-corrected chi connectivity index (χ1v) is 6.60. The molecule has 1 amide bonds. The molecule has 0 unspecified atom stereocenters. The van der Waals surface area contributed by atoms with E-state index in [0.717, 1.165) is 5.69 Å². The molecule has 1 aromatic carbocycles. The van der Waals surface area contributed by atoms with Crippen molar-refractivity contribution in [1.29, 1.82) is 0 Å². The number of rotatable bonds is 5. The minimum Gasteiger partial charge on any atom is -0.325 e. The van der Waals surface area contributed by atoms with Crippen molar-refractivity contribution in [3.05, 3.63) is 41.7 Å². The number of aryl methyl sites for hydroxylation is 1.